The Hall–Kier alpha value is -3.20. The van der Waals surface area contributed by atoms with Crippen LogP contribution in [0.1, 0.15) is 57.0 Å². The van der Waals surface area contributed by atoms with Crippen molar-refractivity contribution in [3.63, 3.8) is 0 Å². The summed E-state index contributed by atoms with van der Waals surface area (Å²) in [5, 5.41) is 9.56. The lowest BCUT2D eigenvalue weighted by Gasteiger charge is -2.37. The highest BCUT2D eigenvalue weighted by molar-refractivity contribution is 5.81. The lowest BCUT2D eigenvalue weighted by atomic mass is 9.89. The van der Waals surface area contributed by atoms with Gasteiger partial charge in [0.05, 0.1) is 6.04 Å². The lowest BCUT2D eigenvalue weighted by Crippen LogP contribution is -2.55. The number of rotatable bonds is 7. The van der Waals surface area contributed by atoms with Crippen LogP contribution in [0.2, 0.25) is 0 Å². The second kappa shape index (κ2) is 10.7. The van der Waals surface area contributed by atoms with Gasteiger partial charge in [0.25, 0.3) is 5.82 Å². The molecule has 9 heteroatoms. The molecule has 198 valence electrons. The fraction of sp³-hybridized carbons (Fsp3) is 0.571. The van der Waals surface area contributed by atoms with E-state index < -0.39 is 0 Å². The van der Waals surface area contributed by atoms with Crippen molar-refractivity contribution in [3.8, 4) is 5.75 Å². The highest BCUT2D eigenvalue weighted by Gasteiger charge is 2.29. The molecule has 1 amide bonds. The monoisotopic (exact) mass is 506 g/mol. The molecule has 0 spiro atoms. The molecule has 1 atom stereocenters. The van der Waals surface area contributed by atoms with Gasteiger partial charge in [-0.3, -0.25) is 9.69 Å². The van der Waals surface area contributed by atoms with Crippen LogP contribution in [0.25, 0.3) is 5.65 Å². The summed E-state index contributed by atoms with van der Waals surface area (Å²) >= 11 is 0. The normalized spacial score (nSPS) is 19.8. The number of hydrogen-bond donors (Lipinski definition) is 0. The number of aryl methyl sites for hydroxylation is 1. The van der Waals surface area contributed by atoms with E-state index in [1.807, 2.05) is 35.0 Å². The predicted octanol–water partition coefficient (Wildman–Crippen LogP) is 2.83. The Morgan fingerprint density at radius 3 is 2.49 bits per heavy atom. The van der Waals surface area contributed by atoms with Crippen molar-refractivity contribution in [1.82, 2.24) is 24.5 Å². The summed E-state index contributed by atoms with van der Waals surface area (Å²) in [6.45, 7) is 13.3. The largest absolute Gasteiger partial charge is 0.492 e. The van der Waals surface area contributed by atoms with Gasteiger partial charge in [-0.05, 0) is 68.4 Å². The van der Waals surface area contributed by atoms with Crippen molar-refractivity contribution in [2.24, 2.45) is 0 Å². The first-order chi connectivity index (χ1) is 17.8. The van der Waals surface area contributed by atoms with Crippen LogP contribution < -0.4 is 14.3 Å². The molecular weight excluding hydrogens is 466 g/mol. The number of likely N-dealkylation sites (N-methyl/N-ethyl adjacent to an activating group) is 1. The molecule has 0 saturated carbocycles. The molecule has 2 aromatic heterocycles. The second-order valence-electron chi connectivity index (χ2n) is 10.7. The van der Waals surface area contributed by atoms with Gasteiger partial charge in [0.15, 0.2) is 5.82 Å². The van der Waals surface area contributed by atoms with Crippen LogP contribution in [0.15, 0.2) is 36.4 Å². The van der Waals surface area contributed by atoms with Gasteiger partial charge in [0.1, 0.15) is 18.4 Å². The van der Waals surface area contributed by atoms with E-state index in [9.17, 15) is 4.79 Å². The molecule has 4 heterocycles. The zero-order chi connectivity index (χ0) is 26.1. The Bertz CT molecular complexity index is 1230. The number of anilines is 1. The van der Waals surface area contributed by atoms with Crippen molar-refractivity contribution in [1.29, 1.82) is 0 Å². The minimum atomic E-state index is -0.0759. The molecule has 0 radical (unpaired) electrons. The van der Waals surface area contributed by atoms with E-state index in [0.717, 1.165) is 68.6 Å². The van der Waals surface area contributed by atoms with E-state index in [2.05, 4.69) is 65.1 Å². The van der Waals surface area contributed by atoms with Crippen LogP contribution in [-0.4, -0.2) is 82.8 Å². The summed E-state index contributed by atoms with van der Waals surface area (Å²) in [5.41, 5.74) is 2.40. The second-order valence-corrected chi connectivity index (χ2v) is 10.7. The molecule has 0 unspecified atom stereocenters. The number of aromatic nitrogens is 4. The molecule has 0 bridgehead atoms. The van der Waals surface area contributed by atoms with E-state index in [1.165, 1.54) is 5.56 Å². The average molecular weight is 507 g/mol. The van der Waals surface area contributed by atoms with Crippen molar-refractivity contribution in [2.75, 3.05) is 51.3 Å². The highest BCUT2D eigenvalue weighted by atomic mass is 16.5. The molecule has 2 fully saturated rings. The predicted molar refractivity (Wildman–Crippen MR) is 143 cm³/mol. The molecule has 2 aliphatic heterocycles. The molecule has 0 N–H and O–H groups in total. The first-order valence-corrected chi connectivity index (χ1v) is 13.6. The Morgan fingerprint density at radius 1 is 1.05 bits per heavy atom. The number of hydrogen-bond acceptors (Lipinski definition) is 6. The summed E-state index contributed by atoms with van der Waals surface area (Å²) in [6.07, 6.45) is 2.20. The standard InChI is InChI=1S/C28H40N7O2/c1-20(2)34-27-11-10-26(30-35(27)22(4)29-34)33-14-12-24(13-15-33)23-6-8-25(9-7-23)37-19-18-32-17-16-31(5)28(36)21(32)3/h6-11,20-21,24H,12-19H2,1-5H3/q+1/t21-/m1/s1. The molecule has 37 heavy (non-hydrogen) atoms. The van der Waals surface area contributed by atoms with E-state index >= 15 is 0 Å². The number of fused-ring (bicyclic) bond motifs is 1. The number of ether oxygens (including phenoxy) is 1. The van der Waals surface area contributed by atoms with E-state index in [4.69, 9.17) is 9.84 Å². The van der Waals surface area contributed by atoms with Crippen LogP contribution in [0.5, 0.6) is 5.75 Å². The number of piperazine rings is 1. The SMILES string of the molecule is Cc1n[n+](C(C)C)c2ccc(N3CCC(c4ccc(OCCN5CCN(C)C(=O)[C@H]5C)cc4)CC3)nn12. The maximum absolute atomic E-state index is 12.2. The topological polar surface area (TPSA) is 70.1 Å². The van der Waals surface area contributed by atoms with E-state index in [-0.39, 0.29) is 11.9 Å². The molecule has 2 saturated heterocycles. The average Bonchev–Trinajstić information content (AvgIpc) is 3.25. The van der Waals surface area contributed by atoms with Crippen LogP contribution >= 0.6 is 0 Å². The third-order valence-electron chi connectivity index (χ3n) is 7.91. The summed E-state index contributed by atoms with van der Waals surface area (Å²) in [5.74, 6) is 3.55. The molecular formula is C28H40N7O2+. The Kier molecular flexibility index (Phi) is 7.33. The molecule has 3 aromatic rings. The van der Waals surface area contributed by atoms with Gasteiger partial charge >= 0.3 is 5.65 Å². The van der Waals surface area contributed by atoms with Gasteiger partial charge in [-0.2, -0.15) is 0 Å². The van der Waals surface area contributed by atoms with Crippen molar-refractivity contribution in [3.05, 3.63) is 47.8 Å². The van der Waals surface area contributed by atoms with E-state index in [0.29, 0.717) is 18.6 Å². The third-order valence-corrected chi connectivity index (χ3v) is 7.91. The molecule has 1 aromatic carbocycles. The summed E-state index contributed by atoms with van der Waals surface area (Å²) in [6, 6.07) is 13.1. The lowest BCUT2D eigenvalue weighted by molar-refractivity contribution is -0.746. The minimum absolute atomic E-state index is 0.0759. The summed E-state index contributed by atoms with van der Waals surface area (Å²) in [4.78, 5) is 18.6. The zero-order valence-corrected chi connectivity index (χ0v) is 22.8. The van der Waals surface area contributed by atoms with Crippen molar-refractivity contribution < 1.29 is 14.2 Å². The van der Waals surface area contributed by atoms with Gasteiger partial charge in [0.2, 0.25) is 5.91 Å². The third kappa shape index (κ3) is 5.28. The van der Waals surface area contributed by atoms with Crippen LogP contribution in [0, 0.1) is 6.92 Å². The Balaban J connectivity index is 1.13. The van der Waals surface area contributed by atoms with Gasteiger partial charge in [-0.25, -0.2) is 0 Å². The number of carbonyl (C=O) groups excluding carboxylic acids is 1. The fourth-order valence-corrected chi connectivity index (χ4v) is 5.54. The number of carbonyl (C=O) groups is 1. The first kappa shape index (κ1) is 25.4. The zero-order valence-electron chi connectivity index (χ0n) is 22.8. The smallest absolute Gasteiger partial charge is 0.329 e. The number of nitrogens with zero attached hydrogens (tertiary/aromatic N) is 7. The number of benzene rings is 1. The first-order valence-electron chi connectivity index (χ1n) is 13.6. The summed E-state index contributed by atoms with van der Waals surface area (Å²) < 4.78 is 9.99. The quantitative estimate of drug-likeness (QED) is 0.459. The van der Waals surface area contributed by atoms with Crippen molar-refractivity contribution >= 4 is 17.4 Å². The number of piperidine rings is 1. The minimum Gasteiger partial charge on any atom is -0.492 e. The van der Waals surface area contributed by atoms with Gasteiger partial charge in [0, 0.05) is 52.8 Å². The van der Waals surface area contributed by atoms with Crippen LogP contribution in [0.3, 0.4) is 0 Å². The van der Waals surface area contributed by atoms with Crippen LogP contribution in [0.4, 0.5) is 5.82 Å². The maximum atomic E-state index is 12.2. The number of amides is 1. The molecule has 2 aliphatic rings. The maximum Gasteiger partial charge on any atom is 0.329 e. The Labute approximate surface area is 219 Å². The molecule has 0 aliphatic carbocycles. The molecule has 5 rings (SSSR count). The summed E-state index contributed by atoms with van der Waals surface area (Å²) in [7, 11) is 1.87. The van der Waals surface area contributed by atoms with Crippen molar-refractivity contribution in [2.45, 2.75) is 58.5 Å². The Morgan fingerprint density at radius 2 is 1.78 bits per heavy atom. The molecule has 9 nitrogen and oxygen atoms in total. The van der Waals surface area contributed by atoms with Gasteiger partial charge < -0.3 is 14.5 Å². The van der Waals surface area contributed by atoms with Crippen LogP contribution in [-0.2, 0) is 4.79 Å². The highest BCUT2D eigenvalue weighted by Crippen LogP contribution is 2.31. The van der Waals surface area contributed by atoms with Gasteiger partial charge in [-0.15, -0.1) is 4.68 Å². The fourth-order valence-electron chi connectivity index (χ4n) is 5.54. The van der Waals surface area contributed by atoms with Gasteiger partial charge in [-0.1, -0.05) is 21.7 Å². The van der Waals surface area contributed by atoms with E-state index in [1.54, 1.807) is 0 Å².